The van der Waals surface area contributed by atoms with Crippen LogP contribution in [0.3, 0.4) is 0 Å². The normalized spacial score (nSPS) is 31.2. The first-order valence-electron chi connectivity index (χ1n) is 9.74. The molecular weight excluding hydrogens is 304 g/mol. The van der Waals surface area contributed by atoms with E-state index in [1.165, 1.54) is 19.3 Å². The van der Waals surface area contributed by atoms with Crippen molar-refractivity contribution in [1.29, 1.82) is 0 Å². The maximum atomic E-state index is 12.5. The van der Waals surface area contributed by atoms with E-state index in [1.807, 2.05) is 20.8 Å². The van der Waals surface area contributed by atoms with Crippen molar-refractivity contribution in [2.24, 2.45) is 23.7 Å². The Morgan fingerprint density at radius 3 is 2.29 bits per heavy atom. The topological polar surface area (TPSA) is 52.6 Å². The number of carbonyl (C=O) groups excluding carboxylic acids is 2. The highest BCUT2D eigenvalue weighted by Crippen LogP contribution is 2.50. The lowest BCUT2D eigenvalue weighted by Gasteiger charge is -2.31. The summed E-state index contributed by atoms with van der Waals surface area (Å²) in [5.74, 6) is 1.47. The van der Waals surface area contributed by atoms with Crippen LogP contribution in [0.5, 0.6) is 0 Å². The van der Waals surface area contributed by atoms with Gasteiger partial charge in [0.15, 0.2) is 0 Å². The van der Waals surface area contributed by atoms with Crippen LogP contribution in [0, 0.1) is 23.7 Å². The second-order valence-corrected chi connectivity index (χ2v) is 9.09. The predicted octanol–water partition coefficient (Wildman–Crippen LogP) is 4.26. The SMILES string of the molecule is CC(C)(C)OC(=O)CC(OC(=O)C1CCCC1)C1CC2CCC1C2. The molecule has 4 nitrogen and oxygen atoms in total. The Hall–Kier alpha value is -1.06. The van der Waals surface area contributed by atoms with E-state index >= 15 is 0 Å². The summed E-state index contributed by atoms with van der Waals surface area (Å²) in [5, 5.41) is 0. The van der Waals surface area contributed by atoms with E-state index in [9.17, 15) is 9.59 Å². The summed E-state index contributed by atoms with van der Waals surface area (Å²) >= 11 is 0. The molecule has 24 heavy (non-hydrogen) atoms. The van der Waals surface area contributed by atoms with E-state index in [0.717, 1.165) is 38.0 Å². The Labute approximate surface area is 145 Å². The lowest BCUT2D eigenvalue weighted by Crippen LogP contribution is -2.36. The molecule has 3 aliphatic carbocycles. The molecule has 0 aromatic heterocycles. The number of rotatable bonds is 5. The second kappa shape index (κ2) is 7.05. The van der Waals surface area contributed by atoms with Gasteiger partial charge in [0, 0.05) is 0 Å². The zero-order valence-corrected chi connectivity index (χ0v) is 15.4. The van der Waals surface area contributed by atoms with E-state index in [2.05, 4.69) is 0 Å². The maximum Gasteiger partial charge on any atom is 0.310 e. The fourth-order valence-electron chi connectivity index (χ4n) is 4.98. The Morgan fingerprint density at radius 2 is 1.75 bits per heavy atom. The van der Waals surface area contributed by atoms with Gasteiger partial charge in [-0.15, -0.1) is 0 Å². The molecule has 136 valence electrons. The number of hydrogen-bond donors (Lipinski definition) is 0. The van der Waals surface area contributed by atoms with Gasteiger partial charge in [0.05, 0.1) is 12.3 Å². The zero-order valence-electron chi connectivity index (χ0n) is 15.4. The third-order valence-electron chi connectivity index (χ3n) is 6.01. The summed E-state index contributed by atoms with van der Waals surface area (Å²) in [7, 11) is 0. The molecule has 0 spiro atoms. The molecule has 0 aromatic rings. The summed E-state index contributed by atoms with van der Waals surface area (Å²) in [4.78, 5) is 24.8. The largest absolute Gasteiger partial charge is 0.461 e. The van der Waals surface area contributed by atoms with E-state index < -0.39 is 5.60 Å². The van der Waals surface area contributed by atoms with Gasteiger partial charge in [-0.25, -0.2) is 0 Å². The lowest BCUT2D eigenvalue weighted by molar-refractivity contribution is -0.167. The lowest BCUT2D eigenvalue weighted by atomic mass is 9.83. The van der Waals surface area contributed by atoms with Crippen LogP contribution in [0.1, 0.15) is 78.6 Å². The molecule has 0 radical (unpaired) electrons. The Kier molecular flexibility index (Phi) is 5.22. The van der Waals surface area contributed by atoms with Crippen molar-refractivity contribution in [1.82, 2.24) is 0 Å². The minimum atomic E-state index is -0.494. The van der Waals surface area contributed by atoms with Crippen LogP contribution in [0.25, 0.3) is 0 Å². The molecule has 3 rings (SSSR count). The molecule has 0 heterocycles. The van der Waals surface area contributed by atoms with Crippen molar-refractivity contribution in [3.05, 3.63) is 0 Å². The zero-order chi connectivity index (χ0) is 17.3. The molecule has 0 aromatic carbocycles. The van der Waals surface area contributed by atoms with Crippen LogP contribution in [-0.2, 0) is 19.1 Å². The van der Waals surface area contributed by atoms with Crippen molar-refractivity contribution in [3.8, 4) is 0 Å². The highest BCUT2D eigenvalue weighted by molar-refractivity contribution is 5.74. The molecule has 3 fully saturated rings. The third-order valence-corrected chi connectivity index (χ3v) is 6.01. The number of carbonyl (C=O) groups is 2. The van der Waals surface area contributed by atoms with E-state index in [4.69, 9.17) is 9.47 Å². The first-order chi connectivity index (χ1) is 11.3. The van der Waals surface area contributed by atoms with E-state index in [1.54, 1.807) is 0 Å². The second-order valence-electron chi connectivity index (χ2n) is 9.09. The van der Waals surface area contributed by atoms with Crippen molar-refractivity contribution < 1.29 is 19.1 Å². The number of fused-ring (bicyclic) bond motifs is 2. The van der Waals surface area contributed by atoms with Gasteiger partial charge in [0.2, 0.25) is 0 Å². The number of hydrogen-bond acceptors (Lipinski definition) is 4. The van der Waals surface area contributed by atoms with Gasteiger partial charge in [-0.05, 0) is 70.6 Å². The van der Waals surface area contributed by atoms with Crippen molar-refractivity contribution in [2.75, 3.05) is 0 Å². The Bertz CT molecular complexity index is 473. The number of esters is 2. The molecule has 0 saturated heterocycles. The third kappa shape index (κ3) is 4.31. The summed E-state index contributed by atoms with van der Waals surface area (Å²) in [6, 6.07) is 0. The van der Waals surface area contributed by atoms with Crippen LogP contribution in [-0.4, -0.2) is 23.6 Å². The fraction of sp³-hybridized carbons (Fsp3) is 0.900. The Morgan fingerprint density at radius 1 is 1.04 bits per heavy atom. The van der Waals surface area contributed by atoms with Crippen molar-refractivity contribution in [2.45, 2.75) is 90.3 Å². The van der Waals surface area contributed by atoms with Crippen LogP contribution >= 0.6 is 0 Å². The van der Waals surface area contributed by atoms with Crippen LogP contribution in [0.4, 0.5) is 0 Å². The first kappa shape index (κ1) is 17.8. The molecule has 4 heteroatoms. The smallest absolute Gasteiger partial charge is 0.310 e. The first-order valence-corrected chi connectivity index (χ1v) is 9.74. The quantitative estimate of drug-likeness (QED) is 0.704. The summed E-state index contributed by atoms with van der Waals surface area (Å²) < 4.78 is 11.4. The molecule has 4 unspecified atom stereocenters. The van der Waals surface area contributed by atoms with Crippen LogP contribution < -0.4 is 0 Å². The van der Waals surface area contributed by atoms with Gasteiger partial charge in [0.1, 0.15) is 11.7 Å². The molecular formula is C20H32O4. The van der Waals surface area contributed by atoms with Crippen LogP contribution in [0.2, 0.25) is 0 Å². The molecule has 4 atom stereocenters. The average Bonchev–Trinajstić information content (AvgIpc) is 3.21. The molecule has 0 aliphatic heterocycles. The summed E-state index contributed by atoms with van der Waals surface area (Å²) in [6.07, 6.45) is 8.91. The molecule has 3 aliphatic rings. The minimum absolute atomic E-state index is 0.0460. The van der Waals surface area contributed by atoms with Crippen molar-refractivity contribution >= 4 is 11.9 Å². The highest BCUT2D eigenvalue weighted by Gasteiger charge is 2.45. The Balaban J connectivity index is 1.64. The fourth-order valence-corrected chi connectivity index (χ4v) is 4.98. The number of ether oxygens (including phenoxy) is 2. The van der Waals surface area contributed by atoms with E-state index in [0.29, 0.717) is 11.8 Å². The predicted molar refractivity (Wildman–Crippen MR) is 91.2 cm³/mol. The average molecular weight is 336 g/mol. The summed E-state index contributed by atoms with van der Waals surface area (Å²) in [5.41, 5.74) is -0.494. The monoisotopic (exact) mass is 336 g/mol. The van der Waals surface area contributed by atoms with Gasteiger partial charge in [-0.3, -0.25) is 9.59 Å². The van der Waals surface area contributed by atoms with Gasteiger partial charge < -0.3 is 9.47 Å². The van der Waals surface area contributed by atoms with Gasteiger partial charge in [-0.2, -0.15) is 0 Å². The minimum Gasteiger partial charge on any atom is -0.461 e. The molecule has 3 saturated carbocycles. The van der Waals surface area contributed by atoms with Gasteiger partial charge in [-0.1, -0.05) is 19.3 Å². The standard InChI is InChI=1S/C20H32O4/c1-20(2,3)24-18(21)12-17(16-11-13-8-9-15(16)10-13)23-19(22)14-6-4-5-7-14/h13-17H,4-12H2,1-3H3. The van der Waals surface area contributed by atoms with E-state index in [-0.39, 0.29) is 30.4 Å². The summed E-state index contributed by atoms with van der Waals surface area (Å²) in [6.45, 7) is 5.63. The maximum absolute atomic E-state index is 12.5. The van der Waals surface area contributed by atoms with Gasteiger partial charge in [0.25, 0.3) is 0 Å². The van der Waals surface area contributed by atoms with Crippen LogP contribution in [0.15, 0.2) is 0 Å². The molecule has 0 N–H and O–H groups in total. The molecule has 0 amide bonds. The highest BCUT2D eigenvalue weighted by atomic mass is 16.6. The van der Waals surface area contributed by atoms with Gasteiger partial charge >= 0.3 is 11.9 Å². The van der Waals surface area contributed by atoms with Crippen molar-refractivity contribution in [3.63, 3.8) is 0 Å². The molecule has 2 bridgehead atoms.